The van der Waals surface area contributed by atoms with Crippen LogP contribution in [0.25, 0.3) is 0 Å². The number of hydrogen-bond acceptors (Lipinski definition) is 5. The Kier molecular flexibility index (Phi) is 12.4. The molecule has 110 valence electrons. The second-order valence-electron chi connectivity index (χ2n) is 3.26. The van der Waals surface area contributed by atoms with Crippen LogP contribution in [0.5, 0.6) is 5.75 Å². The first-order chi connectivity index (χ1) is 8.62. The van der Waals surface area contributed by atoms with Crippen LogP contribution in [0.1, 0.15) is 25.5 Å². The molecule has 0 radical (unpaired) electrons. The second-order valence-corrected chi connectivity index (χ2v) is 3.26. The minimum Gasteiger partial charge on any atom is -0.496 e. The summed E-state index contributed by atoms with van der Waals surface area (Å²) >= 11 is 0. The third kappa shape index (κ3) is 7.00. The predicted octanol–water partition coefficient (Wildman–Crippen LogP) is 2.16. The van der Waals surface area contributed by atoms with Crippen molar-refractivity contribution in [2.24, 2.45) is 0 Å². The molecular weight excluding hydrogens is 270 g/mol. The van der Waals surface area contributed by atoms with Crippen LogP contribution in [0.2, 0.25) is 0 Å². The summed E-state index contributed by atoms with van der Waals surface area (Å²) in [5.41, 5.74) is 0.540. The fourth-order valence-corrected chi connectivity index (χ4v) is 1.27. The lowest BCUT2D eigenvalue weighted by molar-refractivity contribution is 0.187. The van der Waals surface area contributed by atoms with Gasteiger partial charge < -0.3 is 19.7 Å². The molecule has 1 aromatic carbocycles. The molecule has 0 saturated heterocycles. The number of rotatable bonds is 4. The highest BCUT2D eigenvalue weighted by molar-refractivity contribution is 5.85. The first-order valence-electron chi connectivity index (χ1n) is 5.75. The average molecular weight is 292 g/mol. The molecule has 0 aliphatic rings. The molecule has 0 aromatic heterocycles. The number of halogens is 1. The Morgan fingerprint density at radius 1 is 1.32 bits per heavy atom. The van der Waals surface area contributed by atoms with Gasteiger partial charge in [0.15, 0.2) is 6.10 Å². The highest BCUT2D eigenvalue weighted by Crippen LogP contribution is 2.25. The normalized spacial score (nSPS) is 10.4. The lowest BCUT2D eigenvalue weighted by Gasteiger charge is -2.15. The van der Waals surface area contributed by atoms with Gasteiger partial charge in [0.25, 0.3) is 0 Å². The van der Waals surface area contributed by atoms with Gasteiger partial charge in [0.05, 0.1) is 13.7 Å². The van der Waals surface area contributed by atoms with E-state index in [1.165, 1.54) is 7.11 Å². The smallest absolute Gasteiger partial charge is 0.215 e. The van der Waals surface area contributed by atoms with Crippen LogP contribution >= 0.6 is 12.4 Å². The molecule has 1 aromatic rings. The highest BCUT2D eigenvalue weighted by atomic mass is 35.5. The number of nitrogens with one attached hydrogen (secondary N) is 1. The SMILES string of the molecule is CCO.CCOC(=N)C(O)c1ccccc1OC.Cl. The average Bonchev–Trinajstić information content (AvgIpc) is 2.39. The first-order valence-corrected chi connectivity index (χ1v) is 5.75. The Balaban J connectivity index is 0. The molecule has 1 atom stereocenters. The highest BCUT2D eigenvalue weighted by Gasteiger charge is 2.18. The Bertz CT molecular complexity index is 360. The molecular formula is C13H22ClNO4. The lowest BCUT2D eigenvalue weighted by Crippen LogP contribution is -2.15. The van der Waals surface area contributed by atoms with Crippen LogP contribution in [0, 0.1) is 5.41 Å². The number of ether oxygens (including phenoxy) is 2. The van der Waals surface area contributed by atoms with Crippen LogP contribution in [0.15, 0.2) is 24.3 Å². The van der Waals surface area contributed by atoms with Crippen LogP contribution < -0.4 is 4.74 Å². The van der Waals surface area contributed by atoms with Crippen molar-refractivity contribution in [2.45, 2.75) is 20.0 Å². The molecule has 0 spiro atoms. The second kappa shape index (κ2) is 11.8. The fraction of sp³-hybridized carbons (Fsp3) is 0.462. The Labute approximate surface area is 120 Å². The maximum absolute atomic E-state index is 9.80. The van der Waals surface area contributed by atoms with Gasteiger partial charge >= 0.3 is 0 Å². The topological polar surface area (TPSA) is 82.8 Å². The zero-order valence-electron chi connectivity index (χ0n) is 11.4. The van der Waals surface area contributed by atoms with E-state index >= 15 is 0 Å². The summed E-state index contributed by atoms with van der Waals surface area (Å²) in [7, 11) is 1.52. The summed E-state index contributed by atoms with van der Waals surface area (Å²) in [6, 6.07) is 7.02. The van der Waals surface area contributed by atoms with Gasteiger partial charge in [-0.2, -0.15) is 0 Å². The van der Waals surface area contributed by atoms with Crippen LogP contribution in [-0.2, 0) is 4.74 Å². The molecule has 0 saturated carbocycles. The monoisotopic (exact) mass is 291 g/mol. The van der Waals surface area contributed by atoms with E-state index in [2.05, 4.69) is 0 Å². The van der Waals surface area contributed by atoms with E-state index in [0.29, 0.717) is 17.9 Å². The zero-order chi connectivity index (χ0) is 14.0. The summed E-state index contributed by atoms with van der Waals surface area (Å²) in [6.45, 7) is 4.06. The van der Waals surface area contributed by atoms with Gasteiger partial charge in [0.1, 0.15) is 5.75 Å². The van der Waals surface area contributed by atoms with Crippen LogP contribution in [0.4, 0.5) is 0 Å². The summed E-state index contributed by atoms with van der Waals surface area (Å²) in [5.74, 6) is 0.386. The van der Waals surface area contributed by atoms with Gasteiger partial charge in [-0.15, -0.1) is 12.4 Å². The molecule has 1 unspecified atom stereocenters. The number of aliphatic hydroxyl groups excluding tert-OH is 2. The number of benzene rings is 1. The van der Waals surface area contributed by atoms with E-state index in [1.54, 1.807) is 38.1 Å². The van der Waals surface area contributed by atoms with Crippen molar-refractivity contribution in [1.29, 1.82) is 5.41 Å². The molecule has 0 amide bonds. The van der Waals surface area contributed by atoms with Crippen molar-refractivity contribution in [3.63, 3.8) is 0 Å². The van der Waals surface area contributed by atoms with Gasteiger partial charge in [-0.25, -0.2) is 0 Å². The van der Waals surface area contributed by atoms with Crippen molar-refractivity contribution < 1.29 is 19.7 Å². The van der Waals surface area contributed by atoms with Crippen molar-refractivity contribution in [3.05, 3.63) is 29.8 Å². The minimum absolute atomic E-state index is 0. The minimum atomic E-state index is -1.07. The third-order valence-electron chi connectivity index (χ3n) is 1.98. The lowest BCUT2D eigenvalue weighted by atomic mass is 10.1. The van der Waals surface area contributed by atoms with Gasteiger partial charge in [0.2, 0.25) is 5.90 Å². The number of hydrogen-bond donors (Lipinski definition) is 3. The molecule has 6 heteroatoms. The number of para-hydroxylation sites is 1. The molecule has 0 heterocycles. The van der Waals surface area contributed by atoms with Gasteiger partial charge in [-0.05, 0) is 19.9 Å². The quantitative estimate of drug-likeness (QED) is 0.586. The molecule has 0 bridgehead atoms. The Morgan fingerprint density at radius 2 is 1.84 bits per heavy atom. The molecule has 0 aliphatic heterocycles. The van der Waals surface area contributed by atoms with Crippen molar-refractivity contribution >= 4 is 18.3 Å². The molecule has 0 aliphatic carbocycles. The van der Waals surface area contributed by atoms with E-state index in [0.717, 1.165) is 0 Å². The number of aliphatic hydroxyl groups is 2. The van der Waals surface area contributed by atoms with Gasteiger partial charge in [0, 0.05) is 12.2 Å². The number of methoxy groups -OCH3 is 1. The Morgan fingerprint density at radius 3 is 2.32 bits per heavy atom. The molecule has 3 N–H and O–H groups in total. The predicted molar refractivity (Wildman–Crippen MR) is 77.3 cm³/mol. The first kappa shape index (κ1) is 20.0. The van der Waals surface area contributed by atoms with Crippen LogP contribution in [0.3, 0.4) is 0 Å². The zero-order valence-corrected chi connectivity index (χ0v) is 12.2. The van der Waals surface area contributed by atoms with Gasteiger partial charge in [-0.1, -0.05) is 18.2 Å². The maximum atomic E-state index is 9.80. The summed E-state index contributed by atoms with van der Waals surface area (Å²) in [4.78, 5) is 0. The van der Waals surface area contributed by atoms with E-state index in [9.17, 15) is 5.11 Å². The van der Waals surface area contributed by atoms with E-state index in [-0.39, 0.29) is 24.9 Å². The summed E-state index contributed by atoms with van der Waals surface area (Å²) in [6.07, 6.45) is -1.07. The molecule has 19 heavy (non-hydrogen) atoms. The van der Waals surface area contributed by atoms with Crippen molar-refractivity contribution in [1.82, 2.24) is 0 Å². The van der Waals surface area contributed by atoms with Crippen LogP contribution in [-0.4, -0.2) is 36.4 Å². The van der Waals surface area contributed by atoms with E-state index in [4.69, 9.17) is 20.0 Å². The maximum Gasteiger partial charge on any atom is 0.215 e. The van der Waals surface area contributed by atoms with Crippen molar-refractivity contribution in [2.75, 3.05) is 20.3 Å². The summed E-state index contributed by atoms with van der Waals surface area (Å²) in [5, 5.41) is 24.8. The molecule has 1 rings (SSSR count). The van der Waals surface area contributed by atoms with Gasteiger partial charge in [-0.3, -0.25) is 5.41 Å². The van der Waals surface area contributed by atoms with Crippen molar-refractivity contribution in [3.8, 4) is 5.75 Å². The Hall–Kier alpha value is -1.30. The van der Waals surface area contributed by atoms with E-state index in [1.807, 2.05) is 0 Å². The summed E-state index contributed by atoms with van der Waals surface area (Å²) < 4.78 is 10.0. The third-order valence-corrected chi connectivity index (χ3v) is 1.98. The largest absolute Gasteiger partial charge is 0.496 e. The standard InChI is InChI=1S/C11H15NO3.C2H6O.ClH/c1-3-15-11(12)10(13)8-6-4-5-7-9(8)14-2;1-2-3;/h4-7,10,12-13H,3H2,1-2H3;3H,2H2,1H3;1H. The van der Waals surface area contributed by atoms with E-state index < -0.39 is 6.10 Å². The molecule has 0 fully saturated rings. The molecule has 5 nitrogen and oxygen atoms in total. The fourth-order valence-electron chi connectivity index (χ4n) is 1.27.